The van der Waals surface area contributed by atoms with Crippen LogP contribution in [0.4, 0.5) is 0 Å². The lowest BCUT2D eigenvalue weighted by atomic mass is 10.00. The summed E-state index contributed by atoms with van der Waals surface area (Å²) >= 11 is 6.03. The SMILES string of the molecule is Cc1cc(Cl)ccc1OC1CCN(C2CCN(S(=O)(=O)NC(=O)c3ccccc3)CC2)CC1. The van der Waals surface area contributed by atoms with Crippen molar-refractivity contribution in [3.05, 3.63) is 64.7 Å². The second-order valence-corrected chi connectivity index (χ2v) is 10.8. The van der Waals surface area contributed by atoms with Crippen molar-refractivity contribution < 1.29 is 17.9 Å². The van der Waals surface area contributed by atoms with Crippen LogP contribution in [0.2, 0.25) is 5.02 Å². The van der Waals surface area contributed by atoms with E-state index in [1.165, 1.54) is 4.31 Å². The lowest BCUT2D eigenvalue weighted by Gasteiger charge is -2.41. The van der Waals surface area contributed by atoms with Gasteiger partial charge in [-0.1, -0.05) is 29.8 Å². The molecule has 2 saturated heterocycles. The fourth-order valence-corrected chi connectivity index (χ4v) is 5.96. The van der Waals surface area contributed by atoms with E-state index in [2.05, 4.69) is 9.62 Å². The quantitative estimate of drug-likeness (QED) is 0.667. The van der Waals surface area contributed by atoms with Gasteiger partial charge in [0.15, 0.2) is 0 Å². The number of hydrogen-bond donors (Lipinski definition) is 1. The van der Waals surface area contributed by atoms with Crippen molar-refractivity contribution in [3.63, 3.8) is 0 Å². The Balaban J connectivity index is 1.24. The normalized spacial score (nSPS) is 19.3. The Kier molecular flexibility index (Phi) is 7.58. The summed E-state index contributed by atoms with van der Waals surface area (Å²) in [6, 6.07) is 14.4. The number of aryl methyl sites for hydroxylation is 1. The highest BCUT2D eigenvalue weighted by Gasteiger charge is 2.33. The molecule has 7 nitrogen and oxygen atoms in total. The van der Waals surface area contributed by atoms with Gasteiger partial charge < -0.3 is 9.64 Å². The predicted molar refractivity (Wildman–Crippen MR) is 129 cm³/mol. The van der Waals surface area contributed by atoms with Gasteiger partial charge in [-0.25, -0.2) is 4.72 Å². The van der Waals surface area contributed by atoms with E-state index in [0.717, 1.165) is 50.1 Å². The van der Waals surface area contributed by atoms with Gasteiger partial charge in [0.2, 0.25) is 0 Å². The van der Waals surface area contributed by atoms with Crippen LogP contribution in [-0.2, 0) is 10.2 Å². The van der Waals surface area contributed by atoms with Gasteiger partial charge in [0.1, 0.15) is 11.9 Å². The molecule has 0 spiro atoms. The largest absolute Gasteiger partial charge is 0.490 e. The second-order valence-electron chi connectivity index (χ2n) is 8.70. The minimum atomic E-state index is -3.85. The number of hydrogen-bond acceptors (Lipinski definition) is 5. The summed E-state index contributed by atoms with van der Waals surface area (Å²) < 4.78 is 35.1. The van der Waals surface area contributed by atoms with E-state index in [1.54, 1.807) is 30.3 Å². The Morgan fingerprint density at radius 3 is 2.30 bits per heavy atom. The average molecular weight is 492 g/mol. The monoisotopic (exact) mass is 491 g/mol. The zero-order valence-corrected chi connectivity index (χ0v) is 20.3. The molecular formula is C24H30ClN3O4S. The maximum atomic E-state index is 12.7. The summed E-state index contributed by atoms with van der Waals surface area (Å²) in [7, 11) is -3.85. The smallest absolute Gasteiger partial charge is 0.304 e. The van der Waals surface area contributed by atoms with Crippen molar-refractivity contribution in [1.29, 1.82) is 0 Å². The first kappa shape index (κ1) is 24.0. The standard InChI is InChI=1S/C24H30ClN3O4S/c1-18-17-20(25)7-8-23(18)32-22-11-13-27(14-12-22)21-9-15-28(16-10-21)33(30,31)26-24(29)19-5-3-2-4-6-19/h2-8,17,21-22H,9-16H2,1H3,(H,26,29). The number of carbonyl (C=O) groups excluding carboxylic acids is 1. The van der Waals surface area contributed by atoms with E-state index in [1.807, 2.05) is 25.1 Å². The third-order valence-electron chi connectivity index (χ3n) is 6.44. The number of rotatable bonds is 6. The van der Waals surface area contributed by atoms with E-state index in [4.69, 9.17) is 16.3 Å². The molecule has 0 aliphatic carbocycles. The highest BCUT2D eigenvalue weighted by Crippen LogP contribution is 2.27. The predicted octanol–water partition coefficient (Wildman–Crippen LogP) is 3.63. The molecule has 2 aliphatic heterocycles. The van der Waals surface area contributed by atoms with E-state index in [0.29, 0.717) is 29.7 Å². The second kappa shape index (κ2) is 10.4. The van der Waals surface area contributed by atoms with Crippen LogP contribution in [0.15, 0.2) is 48.5 Å². The van der Waals surface area contributed by atoms with Crippen LogP contribution >= 0.6 is 11.6 Å². The molecule has 2 fully saturated rings. The van der Waals surface area contributed by atoms with Gasteiger partial charge in [-0.3, -0.25) is 4.79 Å². The lowest BCUT2D eigenvalue weighted by molar-refractivity contribution is 0.0581. The first-order valence-electron chi connectivity index (χ1n) is 11.4. The van der Waals surface area contributed by atoms with Gasteiger partial charge in [0, 0.05) is 42.8 Å². The van der Waals surface area contributed by atoms with Crippen LogP contribution in [-0.4, -0.2) is 61.9 Å². The molecule has 2 aromatic rings. The molecule has 2 aromatic carbocycles. The molecule has 4 rings (SSSR count). The number of halogens is 1. The summed E-state index contributed by atoms with van der Waals surface area (Å²) in [6.07, 6.45) is 3.56. The van der Waals surface area contributed by atoms with Crippen molar-refractivity contribution in [2.45, 2.75) is 44.8 Å². The summed E-state index contributed by atoms with van der Waals surface area (Å²) in [4.78, 5) is 14.7. The van der Waals surface area contributed by atoms with Crippen molar-refractivity contribution in [3.8, 4) is 5.75 Å². The molecule has 9 heteroatoms. The molecule has 2 heterocycles. The van der Waals surface area contributed by atoms with Crippen LogP contribution in [0.25, 0.3) is 0 Å². The van der Waals surface area contributed by atoms with Crippen molar-refractivity contribution in [2.24, 2.45) is 0 Å². The van der Waals surface area contributed by atoms with Crippen LogP contribution in [0.3, 0.4) is 0 Å². The van der Waals surface area contributed by atoms with Crippen molar-refractivity contribution in [2.75, 3.05) is 26.2 Å². The number of likely N-dealkylation sites (tertiary alicyclic amines) is 1. The van der Waals surface area contributed by atoms with Gasteiger partial charge in [0.25, 0.3) is 5.91 Å². The fourth-order valence-electron chi connectivity index (χ4n) is 4.56. The third-order valence-corrected chi connectivity index (χ3v) is 8.17. The molecule has 0 radical (unpaired) electrons. The summed E-state index contributed by atoms with van der Waals surface area (Å²) in [6.45, 7) is 4.67. The molecule has 1 amide bonds. The zero-order chi connectivity index (χ0) is 23.4. The number of carbonyl (C=O) groups is 1. The minimum Gasteiger partial charge on any atom is -0.490 e. The number of nitrogens with one attached hydrogen (secondary N) is 1. The number of nitrogens with zero attached hydrogens (tertiary/aromatic N) is 2. The molecule has 33 heavy (non-hydrogen) atoms. The van der Waals surface area contributed by atoms with Gasteiger partial charge in [-0.2, -0.15) is 12.7 Å². The maximum absolute atomic E-state index is 12.7. The Hall–Kier alpha value is -2.13. The Morgan fingerprint density at radius 2 is 1.67 bits per heavy atom. The molecule has 1 N–H and O–H groups in total. The lowest BCUT2D eigenvalue weighted by Crippen LogP contribution is -2.52. The topological polar surface area (TPSA) is 79.0 Å². The molecule has 0 unspecified atom stereocenters. The molecule has 0 saturated carbocycles. The van der Waals surface area contributed by atoms with Gasteiger partial charge in [0.05, 0.1) is 0 Å². The Morgan fingerprint density at radius 1 is 1.00 bits per heavy atom. The average Bonchev–Trinajstić information content (AvgIpc) is 2.82. The number of ether oxygens (including phenoxy) is 1. The molecular weight excluding hydrogens is 462 g/mol. The highest BCUT2D eigenvalue weighted by atomic mass is 35.5. The molecule has 2 aliphatic rings. The van der Waals surface area contributed by atoms with Gasteiger partial charge in [-0.15, -0.1) is 0 Å². The Labute approximate surface area is 200 Å². The van der Waals surface area contributed by atoms with Crippen LogP contribution in [0, 0.1) is 6.92 Å². The molecule has 0 atom stereocenters. The van der Waals surface area contributed by atoms with Gasteiger partial charge in [-0.05, 0) is 68.5 Å². The maximum Gasteiger partial charge on any atom is 0.304 e. The third kappa shape index (κ3) is 6.06. The van der Waals surface area contributed by atoms with E-state index < -0.39 is 16.1 Å². The molecule has 178 valence electrons. The van der Waals surface area contributed by atoms with E-state index in [9.17, 15) is 13.2 Å². The van der Waals surface area contributed by atoms with E-state index in [-0.39, 0.29) is 6.10 Å². The highest BCUT2D eigenvalue weighted by molar-refractivity contribution is 7.87. The summed E-state index contributed by atoms with van der Waals surface area (Å²) in [5.74, 6) is 0.282. The van der Waals surface area contributed by atoms with Crippen LogP contribution in [0.1, 0.15) is 41.6 Å². The number of amides is 1. The fraction of sp³-hybridized carbons (Fsp3) is 0.458. The first-order chi connectivity index (χ1) is 15.8. The van der Waals surface area contributed by atoms with Gasteiger partial charge >= 0.3 is 10.2 Å². The molecule has 0 bridgehead atoms. The number of piperidine rings is 2. The number of benzene rings is 2. The van der Waals surface area contributed by atoms with E-state index >= 15 is 0 Å². The van der Waals surface area contributed by atoms with Crippen LogP contribution in [0.5, 0.6) is 5.75 Å². The summed E-state index contributed by atoms with van der Waals surface area (Å²) in [5, 5.41) is 0.711. The van der Waals surface area contributed by atoms with Crippen molar-refractivity contribution in [1.82, 2.24) is 13.9 Å². The molecule has 0 aromatic heterocycles. The van der Waals surface area contributed by atoms with Crippen LogP contribution < -0.4 is 9.46 Å². The van der Waals surface area contributed by atoms with Crippen molar-refractivity contribution >= 4 is 27.7 Å². The zero-order valence-electron chi connectivity index (χ0n) is 18.7. The first-order valence-corrected chi connectivity index (χ1v) is 13.2. The summed E-state index contributed by atoms with van der Waals surface area (Å²) in [5.41, 5.74) is 1.37. The minimum absolute atomic E-state index is 0.176. The Bertz CT molecular complexity index is 1060.